The molecule has 0 radical (unpaired) electrons. The summed E-state index contributed by atoms with van der Waals surface area (Å²) in [6.07, 6.45) is 0.503. The van der Waals surface area contributed by atoms with Gasteiger partial charge in [-0.25, -0.2) is 0 Å². The molecule has 0 saturated heterocycles. The van der Waals surface area contributed by atoms with E-state index in [9.17, 15) is 4.79 Å². The molecule has 0 bridgehead atoms. The minimum atomic E-state index is -0.256. The molecular weight excluding hydrogens is 302 g/mol. The molecule has 0 aromatic heterocycles. The number of fused-ring (bicyclic) bond motifs is 1. The minimum Gasteiger partial charge on any atom is -0.493 e. The predicted molar refractivity (Wildman–Crippen MR) is 86.1 cm³/mol. The average molecular weight is 318 g/mol. The van der Waals surface area contributed by atoms with Gasteiger partial charge in [-0.05, 0) is 24.1 Å². The summed E-state index contributed by atoms with van der Waals surface area (Å²) in [6, 6.07) is 11.2. The molecule has 22 heavy (non-hydrogen) atoms. The number of amides is 1. The molecule has 0 aliphatic carbocycles. The van der Waals surface area contributed by atoms with Crippen molar-refractivity contribution in [2.45, 2.75) is 12.3 Å². The van der Waals surface area contributed by atoms with Crippen molar-refractivity contribution in [3.05, 3.63) is 52.5 Å². The molecule has 0 saturated carbocycles. The topological polar surface area (TPSA) is 47.6 Å². The number of nitrogens with one attached hydrogen (secondary N) is 1. The molecule has 3 rings (SSSR count). The van der Waals surface area contributed by atoms with Crippen molar-refractivity contribution in [3.63, 3.8) is 0 Å². The lowest BCUT2D eigenvalue weighted by molar-refractivity contribution is -0.117. The van der Waals surface area contributed by atoms with Crippen LogP contribution in [0.3, 0.4) is 0 Å². The summed E-state index contributed by atoms with van der Waals surface area (Å²) in [5.41, 5.74) is 2.71. The zero-order chi connectivity index (χ0) is 15.7. The molecule has 1 aliphatic heterocycles. The highest BCUT2D eigenvalue weighted by molar-refractivity contribution is 6.30. The Bertz CT molecular complexity index is 730. The van der Waals surface area contributed by atoms with Gasteiger partial charge in [-0.2, -0.15) is 0 Å². The van der Waals surface area contributed by atoms with Crippen molar-refractivity contribution < 1.29 is 14.3 Å². The number of methoxy groups -OCH3 is 2. The van der Waals surface area contributed by atoms with Gasteiger partial charge in [-0.15, -0.1) is 0 Å². The van der Waals surface area contributed by atoms with Crippen molar-refractivity contribution in [2.24, 2.45) is 0 Å². The maximum atomic E-state index is 12.3. The Morgan fingerprint density at radius 1 is 1.18 bits per heavy atom. The third-order valence-corrected chi connectivity index (χ3v) is 4.07. The van der Waals surface area contributed by atoms with E-state index < -0.39 is 0 Å². The first-order chi connectivity index (χ1) is 10.6. The first-order valence-electron chi connectivity index (χ1n) is 6.94. The van der Waals surface area contributed by atoms with Gasteiger partial charge in [0.15, 0.2) is 11.5 Å². The fourth-order valence-corrected chi connectivity index (χ4v) is 3.09. The first kappa shape index (κ1) is 14.7. The number of anilines is 1. The zero-order valence-electron chi connectivity index (χ0n) is 12.4. The predicted octanol–water partition coefficient (Wildman–Crippen LogP) is 3.64. The standard InChI is InChI=1S/C17H16ClNO3/c1-21-15-9-11(18)7-10(16(15)22-2)8-13-12-5-3-4-6-14(12)19-17(13)20/h3-7,9,13H,8H2,1-2H3,(H,19,20). The van der Waals surface area contributed by atoms with E-state index in [1.54, 1.807) is 20.3 Å². The van der Waals surface area contributed by atoms with Crippen LogP contribution in [0.15, 0.2) is 36.4 Å². The maximum absolute atomic E-state index is 12.3. The second-order valence-electron chi connectivity index (χ2n) is 5.13. The molecule has 2 aromatic carbocycles. The Labute approximate surface area is 134 Å². The lowest BCUT2D eigenvalue weighted by atomic mass is 9.92. The lowest BCUT2D eigenvalue weighted by Crippen LogP contribution is -2.14. The van der Waals surface area contributed by atoms with Crippen LogP contribution in [-0.2, 0) is 11.2 Å². The largest absolute Gasteiger partial charge is 0.493 e. The van der Waals surface area contributed by atoms with Gasteiger partial charge in [-0.1, -0.05) is 29.8 Å². The highest BCUT2D eigenvalue weighted by Gasteiger charge is 2.31. The number of hydrogen-bond acceptors (Lipinski definition) is 3. The second kappa shape index (κ2) is 5.89. The summed E-state index contributed by atoms with van der Waals surface area (Å²) < 4.78 is 10.7. The molecule has 1 amide bonds. The Hall–Kier alpha value is -2.20. The van der Waals surface area contributed by atoms with Gasteiger partial charge in [0.1, 0.15) is 0 Å². The zero-order valence-corrected chi connectivity index (χ0v) is 13.1. The van der Waals surface area contributed by atoms with Crippen LogP contribution in [0.4, 0.5) is 5.69 Å². The fourth-order valence-electron chi connectivity index (χ4n) is 2.86. The monoisotopic (exact) mass is 317 g/mol. The van der Waals surface area contributed by atoms with Gasteiger partial charge in [-0.3, -0.25) is 4.79 Å². The third-order valence-electron chi connectivity index (χ3n) is 3.86. The number of halogens is 1. The van der Waals surface area contributed by atoms with E-state index in [0.717, 1.165) is 16.8 Å². The Balaban J connectivity index is 2.00. The van der Waals surface area contributed by atoms with Crippen LogP contribution >= 0.6 is 11.6 Å². The normalized spacial score (nSPS) is 16.1. The smallest absolute Gasteiger partial charge is 0.232 e. The van der Waals surface area contributed by atoms with Gasteiger partial charge in [0, 0.05) is 22.3 Å². The third kappa shape index (κ3) is 2.50. The number of carbonyl (C=O) groups is 1. The molecule has 114 valence electrons. The van der Waals surface area contributed by atoms with Crippen molar-refractivity contribution in [2.75, 3.05) is 19.5 Å². The molecule has 1 atom stereocenters. The van der Waals surface area contributed by atoms with Crippen LogP contribution in [0, 0.1) is 0 Å². The van der Waals surface area contributed by atoms with E-state index in [1.165, 1.54) is 0 Å². The molecule has 1 N–H and O–H groups in total. The van der Waals surface area contributed by atoms with Gasteiger partial charge in [0.2, 0.25) is 5.91 Å². The quantitative estimate of drug-likeness (QED) is 0.936. The first-order valence-corrected chi connectivity index (χ1v) is 7.32. The van der Waals surface area contributed by atoms with E-state index in [4.69, 9.17) is 21.1 Å². The summed E-state index contributed by atoms with van der Waals surface area (Å²) in [5, 5.41) is 3.46. The van der Waals surface area contributed by atoms with Gasteiger partial charge >= 0.3 is 0 Å². The summed E-state index contributed by atoms with van der Waals surface area (Å²) in [4.78, 5) is 12.3. The molecule has 4 nitrogen and oxygen atoms in total. The summed E-state index contributed by atoms with van der Waals surface area (Å²) in [7, 11) is 3.15. The van der Waals surface area contributed by atoms with E-state index in [2.05, 4.69) is 5.32 Å². The number of rotatable bonds is 4. The SMILES string of the molecule is COc1cc(Cl)cc(CC2C(=O)Nc3ccccc32)c1OC. The second-order valence-corrected chi connectivity index (χ2v) is 5.57. The van der Waals surface area contributed by atoms with E-state index in [-0.39, 0.29) is 11.8 Å². The molecule has 2 aromatic rings. The molecule has 1 unspecified atom stereocenters. The van der Waals surface area contributed by atoms with Crippen molar-refractivity contribution in [1.29, 1.82) is 0 Å². The highest BCUT2D eigenvalue weighted by atomic mass is 35.5. The van der Waals surface area contributed by atoms with Crippen LogP contribution in [0.5, 0.6) is 11.5 Å². The Morgan fingerprint density at radius 2 is 1.95 bits per heavy atom. The molecule has 5 heteroatoms. The molecule has 1 aliphatic rings. The van der Waals surface area contributed by atoms with Gasteiger partial charge in [0.05, 0.1) is 20.1 Å². The molecule has 1 heterocycles. The molecular formula is C17H16ClNO3. The molecule has 0 spiro atoms. The number of benzene rings is 2. The van der Waals surface area contributed by atoms with E-state index in [1.807, 2.05) is 30.3 Å². The Morgan fingerprint density at radius 3 is 2.68 bits per heavy atom. The Kier molecular flexibility index (Phi) is 3.94. The van der Waals surface area contributed by atoms with E-state index >= 15 is 0 Å². The van der Waals surface area contributed by atoms with Crippen LogP contribution in [0.1, 0.15) is 17.0 Å². The van der Waals surface area contributed by atoms with Crippen LogP contribution < -0.4 is 14.8 Å². The minimum absolute atomic E-state index is 0.0119. The summed E-state index contributed by atoms with van der Waals surface area (Å²) >= 11 is 6.14. The number of ether oxygens (including phenoxy) is 2. The fraction of sp³-hybridized carbons (Fsp3) is 0.235. The average Bonchev–Trinajstić information content (AvgIpc) is 2.83. The van der Waals surface area contributed by atoms with E-state index in [0.29, 0.717) is 22.9 Å². The molecule has 0 fully saturated rings. The summed E-state index contributed by atoms with van der Waals surface area (Å²) in [5.74, 6) is 0.913. The van der Waals surface area contributed by atoms with Crippen LogP contribution in [0.2, 0.25) is 5.02 Å². The van der Waals surface area contributed by atoms with Gasteiger partial charge in [0.25, 0.3) is 0 Å². The number of carbonyl (C=O) groups excluding carboxylic acids is 1. The van der Waals surface area contributed by atoms with Crippen molar-refractivity contribution in [3.8, 4) is 11.5 Å². The van der Waals surface area contributed by atoms with Crippen LogP contribution in [0.25, 0.3) is 0 Å². The summed E-state index contributed by atoms with van der Waals surface area (Å²) in [6.45, 7) is 0. The van der Waals surface area contributed by atoms with Crippen molar-refractivity contribution >= 4 is 23.2 Å². The maximum Gasteiger partial charge on any atom is 0.232 e. The highest BCUT2D eigenvalue weighted by Crippen LogP contribution is 2.40. The van der Waals surface area contributed by atoms with Crippen LogP contribution in [-0.4, -0.2) is 20.1 Å². The number of para-hydroxylation sites is 1. The lowest BCUT2D eigenvalue weighted by Gasteiger charge is -2.16. The van der Waals surface area contributed by atoms with Crippen molar-refractivity contribution in [1.82, 2.24) is 0 Å². The van der Waals surface area contributed by atoms with Gasteiger partial charge < -0.3 is 14.8 Å². The number of hydrogen-bond donors (Lipinski definition) is 1.